The first kappa shape index (κ1) is 35.1. The molecule has 40 heavy (non-hydrogen) atoms. The fourth-order valence-electron chi connectivity index (χ4n) is 4.43. The zero-order chi connectivity index (χ0) is 30.1. The van der Waals surface area contributed by atoms with Gasteiger partial charge in [0, 0.05) is 25.7 Å². The van der Waals surface area contributed by atoms with Crippen molar-refractivity contribution < 1.29 is 38.1 Å². The van der Waals surface area contributed by atoms with Gasteiger partial charge in [-0.05, 0) is 43.9 Å². The maximum Gasteiger partial charge on any atom is 0.326 e. The summed E-state index contributed by atoms with van der Waals surface area (Å²) in [4.78, 5) is 50.1. The molecule has 0 saturated carbocycles. The lowest BCUT2D eigenvalue weighted by molar-refractivity contribution is -0.157. The van der Waals surface area contributed by atoms with E-state index in [1.54, 1.807) is 26.0 Å². The van der Waals surface area contributed by atoms with Crippen LogP contribution in [0, 0.1) is 5.92 Å². The summed E-state index contributed by atoms with van der Waals surface area (Å²) in [5.74, 6) is -1.91. The number of carbonyl (C=O) groups is 4. The van der Waals surface area contributed by atoms with E-state index in [0.717, 1.165) is 32.1 Å². The molecule has 1 aromatic carbocycles. The van der Waals surface area contributed by atoms with Crippen LogP contribution in [0.15, 0.2) is 18.2 Å². The number of hydrogen-bond donors (Lipinski definition) is 1. The molecular formula is C31H49NO8. The lowest BCUT2D eigenvalue weighted by atomic mass is 9.86. The largest absolute Gasteiger partial charge is 0.468 e. The van der Waals surface area contributed by atoms with Gasteiger partial charge in [0.05, 0.1) is 13.0 Å². The van der Waals surface area contributed by atoms with E-state index in [4.69, 9.17) is 24.7 Å². The zero-order valence-corrected chi connectivity index (χ0v) is 25.2. The minimum Gasteiger partial charge on any atom is -0.468 e. The fraction of sp³-hybridized carbons (Fsp3) is 0.677. The molecule has 0 amide bonds. The number of benzene rings is 1. The topological polar surface area (TPSA) is 131 Å². The minimum absolute atomic E-state index is 0.0111. The first-order valence-corrected chi connectivity index (χ1v) is 14.6. The van der Waals surface area contributed by atoms with Crippen molar-refractivity contribution in [2.45, 2.75) is 123 Å². The molecular weight excluding hydrogens is 514 g/mol. The third kappa shape index (κ3) is 12.5. The molecule has 0 aliphatic heterocycles. The maximum absolute atomic E-state index is 12.8. The fourth-order valence-corrected chi connectivity index (χ4v) is 4.43. The Balaban J connectivity index is 3.18. The molecule has 1 aromatic rings. The predicted octanol–water partition coefficient (Wildman–Crippen LogP) is 5.83. The monoisotopic (exact) mass is 563 g/mol. The second-order valence-corrected chi connectivity index (χ2v) is 10.6. The molecule has 2 unspecified atom stereocenters. The number of unbranched alkanes of at least 4 members (excludes halogenated alkanes) is 4. The molecule has 0 aromatic heterocycles. The number of hydrogen-bond acceptors (Lipinski definition) is 9. The van der Waals surface area contributed by atoms with Crippen molar-refractivity contribution in [2.24, 2.45) is 11.7 Å². The van der Waals surface area contributed by atoms with Gasteiger partial charge < -0.3 is 24.7 Å². The van der Waals surface area contributed by atoms with Crippen LogP contribution in [0.3, 0.4) is 0 Å². The molecule has 2 N–H and O–H groups in total. The van der Waals surface area contributed by atoms with E-state index in [1.807, 2.05) is 20.8 Å². The highest BCUT2D eigenvalue weighted by atomic mass is 16.6. The Kier molecular flexibility index (Phi) is 16.2. The molecule has 0 radical (unpaired) electrons. The van der Waals surface area contributed by atoms with Crippen molar-refractivity contribution in [3.05, 3.63) is 23.8 Å². The van der Waals surface area contributed by atoms with Gasteiger partial charge in [0.1, 0.15) is 11.6 Å². The van der Waals surface area contributed by atoms with Crippen molar-refractivity contribution in [1.29, 1.82) is 0 Å². The van der Waals surface area contributed by atoms with Gasteiger partial charge in [0.2, 0.25) is 0 Å². The highest BCUT2D eigenvalue weighted by Gasteiger charge is 2.38. The van der Waals surface area contributed by atoms with Crippen LogP contribution in [-0.2, 0) is 35.1 Å². The number of esters is 4. The Morgan fingerprint density at radius 3 is 1.95 bits per heavy atom. The lowest BCUT2D eigenvalue weighted by Crippen LogP contribution is -2.53. The van der Waals surface area contributed by atoms with E-state index in [-0.39, 0.29) is 49.1 Å². The summed E-state index contributed by atoms with van der Waals surface area (Å²) in [7, 11) is 1.24. The van der Waals surface area contributed by atoms with E-state index in [1.165, 1.54) is 13.2 Å². The first-order chi connectivity index (χ1) is 19.0. The third-order valence-corrected chi connectivity index (χ3v) is 6.63. The van der Waals surface area contributed by atoms with Crippen molar-refractivity contribution in [3.63, 3.8) is 0 Å². The van der Waals surface area contributed by atoms with E-state index < -0.39 is 29.6 Å². The second-order valence-electron chi connectivity index (χ2n) is 10.6. The van der Waals surface area contributed by atoms with Gasteiger partial charge in [-0.15, -0.1) is 0 Å². The second kappa shape index (κ2) is 18.4. The number of carbonyl (C=O) groups excluding carboxylic acids is 4. The Morgan fingerprint density at radius 1 is 0.850 bits per heavy atom. The van der Waals surface area contributed by atoms with Gasteiger partial charge >= 0.3 is 23.9 Å². The molecule has 3 atom stereocenters. The van der Waals surface area contributed by atoms with Crippen molar-refractivity contribution in [3.8, 4) is 11.5 Å². The highest BCUT2D eigenvalue weighted by Crippen LogP contribution is 2.32. The molecule has 0 fully saturated rings. The van der Waals surface area contributed by atoms with Gasteiger partial charge in [0.25, 0.3) is 0 Å². The van der Waals surface area contributed by atoms with E-state index in [9.17, 15) is 19.2 Å². The quantitative estimate of drug-likeness (QED) is 0.125. The Hall–Kier alpha value is -2.94. The summed E-state index contributed by atoms with van der Waals surface area (Å²) < 4.78 is 21.7. The summed E-state index contributed by atoms with van der Waals surface area (Å²) in [5.41, 5.74) is 5.59. The number of nitrogens with two attached hydrogens (primary N) is 1. The average molecular weight is 564 g/mol. The molecule has 0 aliphatic rings. The molecule has 1 rings (SSSR count). The zero-order valence-electron chi connectivity index (χ0n) is 25.2. The number of methoxy groups -OCH3 is 1. The number of ether oxygens (including phenoxy) is 4. The number of rotatable bonds is 19. The summed E-state index contributed by atoms with van der Waals surface area (Å²) >= 11 is 0. The lowest BCUT2D eigenvalue weighted by Gasteiger charge is -2.30. The molecule has 0 heterocycles. The summed E-state index contributed by atoms with van der Waals surface area (Å²) in [6.07, 6.45) is 6.53. The highest BCUT2D eigenvalue weighted by molar-refractivity contribution is 5.81. The van der Waals surface area contributed by atoms with Gasteiger partial charge in [-0.2, -0.15) is 0 Å². The first-order valence-electron chi connectivity index (χ1n) is 14.6. The molecule has 9 nitrogen and oxygen atoms in total. The Labute approximate surface area is 239 Å². The minimum atomic E-state index is -1.52. The van der Waals surface area contributed by atoms with Crippen LogP contribution in [-0.4, -0.2) is 42.6 Å². The van der Waals surface area contributed by atoms with Gasteiger partial charge in [0.15, 0.2) is 11.5 Å². The molecule has 0 spiro atoms. The van der Waals surface area contributed by atoms with E-state index in [2.05, 4.69) is 0 Å². The van der Waals surface area contributed by atoms with Crippen molar-refractivity contribution in [2.75, 3.05) is 7.11 Å². The molecule has 226 valence electrons. The SMILES string of the molecule is CCCCCC(=O)Oc1ccc(CC(N)(C[C@H](C)OC(=O)C(C)CCC)C(=O)OC)cc1OC(=O)CCCCC. The van der Waals surface area contributed by atoms with Gasteiger partial charge in [-0.25, -0.2) is 0 Å². The van der Waals surface area contributed by atoms with Gasteiger partial charge in [-0.3, -0.25) is 19.2 Å². The van der Waals surface area contributed by atoms with Crippen LogP contribution < -0.4 is 15.2 Å². The molecule has 0 saturated heterocycles. The standard InChI is InChI=1S/C31H49NO8/c1-7-10-12-15-27(33)39-25-18-17-24(19-26(25)40-28(34)16-13-11-8-2)21-31(32,30(36)37-6)20-23(5)38-29(35)22(4)14-9-3/h17-19,22-23H,7-16,20-21,32H2,1-6H3/t22?,23-,31?/m0/s1. The van der Waals surface area contributed by atoms with Crippen molar-refractivity contribution >= 4 is 23.9 Å². The van der Waals surface area contributed by atoms with Crippen molar-refractivity contribution in [1.82, 2.24) is 0 Å². The maximum atomic E-state index is 12.8. The predicted molar refractivity (Wildman–Crippen MR) is 153 cm³/mol. The molecule has 9 heteroatoms. The van der Waals surface area contributed by atoms with Crippen LogP contribution in [0.2, 0.25) is 0 Å². The smallest absolute Gasteiger partial charge is 0.326 e. The summed E-state index contributed by atoms with van der Waals surface area (Å²) in [6, 6.07) is 4.75. The van der Waals surface area contributed by atoms with Gasteiger partial charge in [-0.1, -0.05) is 65.9 Å². The average Bonchev–Trinajstić information content (AvgIpc) is 2.89. The van der Waals surface area contributed by atoms with Crippen LogP contribution in [0.5, 0.6) is 11.5 Å². The van der Waals surface area contributed by atoms with E-state index in [0.29, 0.717) is 24.8 Å². The summed E-state index contributed by atoms with van der Waals surface area (Å²) in [6.45, 7) is 9.57. The third-order valence-electron chi connectivity index (χ3n) is 6.63. The van der Waals surface area contributed by atoms with Crippen LogP contribution >= 0.6 is 0 Å². The van der Waals surface area contributed by atoms with Crippen LogP contribution in [0.1, 0.15) is 111 Å². The van der Waals surface area contributed by atoms with Crippen LogP contribution in [0.25, 0.3) is 0 Å². The van der Waals surface area contributed by atoms with Crippen LogP contribution in [0.4, 0.5) is 0 Å². The molecule has 0 aliphatic carbocycles. The summed E-state index contributed by atoms with van der Waals surface area (Å²) in [5, 5.41) is 0. The van der Waals surface area contributed by atoms with E-state index >= 15 is 0 Å². The normalized spacial score (nSPS) is 14.0. The Morgan fingerprint density at radius 2 is 1.43 bits per heavy atom. The molecule has 0 bridgehead atoms. The Bertz CT molecular complexity index is 963.